The van der Waals surface area contributed by atoms with Crippen LogP contribution in [0.5, 0.6) is 11.5 Å². The van der Waals surface area contributed by atoms with Crippen molar-refractivity contribution in [3.63, 3.8) is 0 Å². The number of rotatable bonds is 6. The number of carbonyl (C=O) groups is 2. The van der Waals surface area contributed by atoms with Gasteiger partial charge in [-0.05, 0) is 39.9 Å². The number of carboxylic acids is 1. The molecule has 0 fully saturated rings. The highest BCUT2D eigenvalue weighted by Crippen LogP contribution is 2.44. The molecule has 1 atom stereocenters. The minimum atomic E-state index is -1.05. The highest BCUT2D eigenvalue weighted by atomic mass is 16.7. The molecule has 0 radical (unpaired) electrons. The first-order valence-corrected chi connectivity index (χ1v) is 10.3. The number of hydrogen-bond acceptors (Lipinski definition) is 5. The quantitative estimate of drug-likeness (QED) is 0.610. The van der Waals surface area contributed by atoms with Crippen molar-refractivity contribution in [3.05, 3.63) is 83.4 Å². The van der Waals surface area contributed by atoms with Crippen LogP contribution >= 0.6 is 0 Å². The van der Waals surface area contributed by atoms with Crippen LogP contribution < -0.4 is 14.8 Å². The van der Waals surface area contributed by atoms with Crippen LogP contribution in [-0.2, 0) is 9.53 Å². The molecule has 2 N–H and O–H groups in total. The molecular formula is C25H21NO6. The largest absolute Gasteiger partial charge is 0.481 e. The van der Waals surface area contributed by atoms with Crippen molar-refractivity contribution in [1.82, 2.24) is 5.32 Å². The molecular weight excluding hydrogens is 410 g/mol. The first-order chi connectivity index (χ1) is 15.6. The van der Waals surface area contributed by atoms with E-state index in [-0.39, 0.29) is 25.9 Å². The second-order valence-electron chi connectivity index (χ2n) is 7.71. The zero-order valence-electron chi connectivity index (χ0n) is 17.1. The molecule has 1 unspecified atom stereocenters. The van der Waals surface area contributed by atoms with Gasteiger partial charge in [0.05, 0.1) is 5.92 Å². The molecule has 3 aromatic carbocycles. The number of nitrogens with one attached hydrogen (secondary N) is 1. The van der Waals surface area contributed by atoms with Gasteiger partial charge in [0.2, 0.25) is 6.79 Å². The Balaban J connectivity index is 1.24. The number of ether oxygens (including phenoxy) is 3. The molecule has 0 bridgehead atoms. The van der Waals surface area contributed by atoms with E-state index < -0.39 is 18.0 Å². The lowest BCUT2D eigenvalue weighted by Crippen LogP contribution is -2.32. The van der Waals surface area contributed by atoms with Gasteiger partial charge in [0.25, 0.3) is 0 Å². The zero-order chi connectivity index (χ0) is 22.1. The summed E-state index contributed by atoms with van der Waals surface area (Å²) < 4.78 is 16.1. The third-order valence-electron chi connectivity index (χ3n) is 5.89. The number of benzene rings is 3. The van der Waals surface area contributed by atoms with Gasteiger partial charge in [-0.15, -0.1) is 0 Å². The highest BCUT2D eigenvalue weighted by molar-refractivity contribution is 5.80. The Morgan fingerprint density at radius 3 is 2.31 bits per heavy atom. The molecule has 1 amide bonds. The second-order valence-corrected chi connectivity index (χ2v) is 7.71. The van der Waals surface area contributed by atoms with Crippen molar-refractivity contribution in [1.29, 1.82) is 0 Å². The fraction of sp³-hybridized carbons (Fsp3) is 0.200. The third kappa shape index (κ3) is 3.62. The van der Waals surface area contributed by atoms with E-state index >= 15 is 0 Å². The first-order valence-electron chi connectivity index (χ1n) is 10.3. The molecule has 7 heteroatoms. The van der Waals surface area contributed by atoms with Crippen molar-refractivity contribution < 1.29 is 28.9 Å². The van der Waals surface area contributed by atoms with E-state index in [9.17, 15) is 14.7 Å². The summed E-state index contributed by atoms with van der Waals surface area (Å²) >= 11 is 0. The topological polar surface area (TPSA) is 94.1 Å². The number of amides is 1. The van der Waals surface area contributed by atoms with Crippen molar-refractivity contribution in [3.8, 4) is 22.6 Å². The maximum atomic E-state index is 12.4. The molecule has 1 aliphatic heterocycles. The summed E-state index contributed by atoms with van der Waals surface area (Å²) in [6.45, 7) is 0.168. The fourth-order valence-electron chi connectivity index (χ4n) is 4.31. The fourth-order valence-corrected chi connectivity index (χ4v) is 4.31. The molecule has 32 heavy (non-hydrogen) atoms. The summed E-state index contributed by atoms with van der Waals surface area (Å²) in [5, 5.41) is 12.2. The van der Waals surface area contributed by atoms with E-state index in [1.165, 1.54) is 0 Å². The zero-order valence-corrected chi connectivity index (χ0v) is 17.1. The Bertz CT molecular complexity index is 1150. The lowest BCUT2D eigenvalue weighted by Gasteiger charge is -2.17. The maximum absolute atomic E-state index is 12.4. The lowest BCUT2D eigenvalue weighted by atomic mass is 9.98. The number of fused-ring (bicyclic) bond motifs is 4. The van der Waals surface area contributed by atoms with Gasteiger partial charge in [-0.2, -0.15) is 0 Å². The van der Waals surface area contributed by atoms with Gasteiger partial charge in [0.15, 0.2) is 11.5 Å². The number of aliphatic carboxylic acids is 1. The number of hydrogen-bond donors (Lipinski definition) is 2. The molecule has 0 aromatic heterocycles. The van der Waals surface area contributed by atoms with Crippen LogP contribution in [0.15, 0.2) is 66.7 Å². The van der Waals surface area contributed by atoms with Crippen LogP contribution in [0.1, 0.15) is 28.5 Å². The summed E-state index contributed by atoms with van der Waals surface area (Å²) in [4.78, 5) is 24.2. The molecule has 162 valence electrons. The summed E-state index contributed by atoms with van der Waals surface area (Å²) in [6, 6.07) is 21.1. The number of carboxylic acid groups (broad SMARTS) is 1. The van der Waals surface area contributed by atoms with E-state index in [4.69, 9.17) is 14.2 Å². The predicted molar refractivity (Wildman–Crippen MR) is 116 cm³/mol. The average molecular weight is 431 g/mol. The smallest absolute Gasteiger partial charge is 0.407 e. The Kier molecular flexibility index (Phi) is 5.15. The van der Waals surface area contributed by atoms with Crippen molar-refractivity contribution >= 4 is 12.1 Å². The summed E-state index contributed by atoms with van der Waals surface area (Å²) in [6.07, 6.45) is -0.654. The van der Waals surface area contributed by atoms with Crippen molar-refractivity contribution in [2.75, 3.05) is 19.9 Å². The van der Waals surface area contributed by atoms with E-state index in [0.29, 0.717) is 17.1 Å². The van der Waals surface area contributed by atoms with Gasteiger partial charge in [-0.3, -0.25) is 4.79 Å². The van der Waals surface area contributed by atoms with Crippen LogP contribution in [-0.4, -0.2) is 37.1 Å². The molecule has 5 rings (SSSR count). The van der Waals surface area contributed by atoms with Gasteiger partial charge in [0.1, 0.15) is 6.61 Å². The highest BCUT2D eigenvalue weighted by Gasteiger charge is 2.29. The van der Waals surface area contributed by atoms with Gasteiger partial charge in [-0.25, -0.2) is 4.79 Å². The predicted octanol–water partition coefficient (Wildman–Crippen LogP) is 4.12. The Hall–Kier alpha value is -4.00. The van der Waals surface area contributed by atoms with Crippen LogP contribution in [0.4, 0.5) is 4.79 Å². The van der Waals surface area contributed by atoms with Crippen LogP contribution in [0, 0.1) is 0 Å². The maximum Gasteiger partial charge on any atom is 0.407 e. The first kappa shape index (κ1) is 19.9. The molecule has 7 nitrogen and oxygen atoms in total. The van der Waals surface area contributed by atoms with Gasteiger partial charge >= 0.3 is 12.1 Å². The minimum Gasteiger partial charge on any atom is -0.481 e. The molecule has 1 aliphatic carbocycles. The van der Waals surface area contributed by atoms with Crippen LogP contribution in [0.25, 0.3) is 11.1 Å². The normalized spacial score (nSPS) is 14.4. The van der Waals surface area contributed by atoms with Crippen LogP contribution in [0.3, 0.4) is 0 Å². The average Bonchev–Trinajstić information content (AvgIpc) is 3.40. The Morgan fingerprint density at radius 1 is 0.969 bits per heavy atom. The Labute approximate surface area is 184 Å². The van der Waals surface area contributed by atoms with E-state index in [0.717, 1.165) is 22.3 Å². The Morgan fingerprint density at radius 2 is 1.62 bits per heavy atom. The molecule has 3 aromatic rings. The summed E-state index contributed by atoms with van der Waals surface area (Å²) in [7, 11) is 0. The molecule has 1 heterocycles. The summed E-state index contributed by atoms with van der Waals surface area (Å²) in [5.41, 5.74) is 5.04. The van der Waals surface area contributed by atoms with Crippen molar-refractivity contribution in [2.24, 2.45) is 0 Å². The van der Waals surface area contributed by atoms with E-state index in [1.807, 2.05) is 36.4 Å². The summed E-state index contributed by atoms with van der Waals surface area (Å²) in [5.74, 6) is -0.984. The van der Waals surface area contributed by atoms with Gasteiger partial charge in [-0.1, -0.05) is 54.6 Å². The van der Waals surface area contributed by atoms with E-state index in [1.54, 1.807) is 18.2 Å². The monoisotopic (exact) mass is 431 g/mol. The molecule has 0 spiro atoms. The molecule has 0 saturated heterocycles. The minimum absolute atomic E-state index is 0.0581. The van der Waals surface area contributed by atoms with Gasteiger partial charge < -0.3 is 24.6 Å². The molecule has 2 aliphatic rings. The van der Waals surface area contributed by atoms with E-state index in [2.05, 4.69) is 17.4 Å². The number of carbonyl (C=O) groups excluding carboxylic acids is 1. The molecule has 0 saturated carbocycles. The standard InChI is InChI=1S/C25H21NO6/c27-24(28)20(15-9-10-22-23(11-15)32-14-31-22)12-26-25(29)30-13-21-18-7-3-1-5-16(18)17-6-2-4-8-19(17)21/h1-11,20-21H,12-14H2,(H,26,29)(H,27,28). The number of alkyl carbamates (subject to hydrolysis) is 1. The third-order valence-corrected chi connectivity index (χ3v) is 5.89. The lowest BCUT2D eigenvalue weighted by molar-refractivity contribution is -0.138. The van der Waals surface area contributed by atoms with Gasteiger partial charge in [0, 0.05) is 12.5 Å². The van der Waals surface area contributed by atoms with Crippen LogP contribution in [0.2, 0.25) is 0 Å². The SMILES string of the molecule is O=C(NCC(C(=O)O)c1ccc2c(c1)OCO2)OCC1c2ccccc2-c2ccccc21. The second kappa shape index (κ2) is 8.26. The van der Waals surface area contributed by atoms with Crippen molar-refractivity contribution in [2.45, 2.75) is 11.8 Å².